The molecular formula is C17H28ClNO4S. The van der Waals surface area contributed by atoms with E-state index in [9.17, 15) is 5.11 Å². The van der Waals surface area contributed by atoms with Crippen LogP contribution in [0.25, 0.3) is 0 Å². The number of aliphatic hydroxyl groups excluding tert-OH is 1. The number of benzene rings is 1. The molecule has 0 unspecified atom stereocenters. The molecule has 0 radical (unpaired) electrons. The second kappa shape index (κ2) is 13.8. The van der Waals surface area contributed by atoms with Gasteiger partial charge in [-0.2, -0.15) is 0 Å². The average molecular weight is 378 g/mol. The van der Waals surface area contributed by atoms with E-state index in [0.29, 0.717) is 38.9 Å². The molecule has 0 heterocycles. The van der Waals surface area contributed by atoms with Gasteiger partial charge >= 0.3 is 0 Å². The van der Waals surface area contributed by atoms with Gasteiger partial charge in [0, 0.05) is 25.2 Å². The lowest BCUT2D eigenvalue weighted by Gasteiger charge is -2.25. The minimum Gasteiger partial charge on any atom is -0.392 e. The number of aliphatic hydroxyl groups is 1. The SMILES string of the molecule is COCCOCCOCCN(CSC)c1cc(CO)cc(CCl)c1. The summed E-state index contributed by atoms with van der Waals surface area (Å²) in [6.07, 6.45) is 2.07. The molecule has 1 aromatic rings. The summed E-state index contributed by atoms with van der Waals surface area (Å²) in [5.41, 5.74) is 2.95. The Balaban J connectivity index is 2.46. The number of nitrogens with zero attached hydrogens (tertiary/aromatic N) is 1. The van der Waals surface area contributed by atoms with Crippen molar-refractivity contribution >= 4 is 29.1 Å². The van der Waals surface area contributed by atoms with Gasteiger partial charge in [0.2, 0.25) is 0 Å². The van der Waals surface area contributed by atoms with E-state index in [4.69, 9.17) is 25.8 Å². The molecule has 0 spiro atoms. The molecule has 1 rings (SSSR count). The molecule has 0 atom stereocenters. The molecule has 0 aliphatic rings. The van der Waals surface area contributed by atoms with E-state index in [-0.39, 0.29) is 6.61 Å². The predicted molar refractivity (Wildman–Crippen MR) is 101 cm³/mol. The van der Waals surface area contributed by atoms with E-state index in [2.05, 4.69) is 17.2 Å². The molecule has 5 nitrogen and oxygen atoms in total. The number of alkyl halides is 1. The summed E-state index contributed by atoms with van der Waals surface area (Å²) in [5.74, 6) is 1.29. The Morgan fingerprint density at radius 1 is 1.04 bits per heavy atom. The summed E-state index contributed by atoms with van der Waals surface area (Å²) < 4.78 is 15.9. The van der Waals surface area contributed by atoms with Gasteiger partial charge in [-0.05, 0) is 29.5 Å². The van der Waals surface area contributed by atoms with Crippen molar-refractivity contribution < 1.29 is 19.3 Å². The maximum absolute atomic E-state index is 9.41. The lowest BCUT2D eigenvalue weighted by atomic mass is 10.1. The number of anilines is 1. The van der Waals surface area contributed by atoms with Gasteiger partial charge in [-0.3, -0.25) is 0 Å². The van der Waals surface area contributed by atoms with Crippen LogP contribution in [0.3, 0.4) is 0 Å². The van der Waals surface area contributed by atoms with Gasteiger partial charge in [0.1, 0.15) is 0 Å². The Bertz CT molecular complexity index is 428. The highest BCUT2D eigenvalue weighted by Gasteiger charge is 2.09. The normalized spacial score (nSPS) is 11.0. The third-order valence-corrected chi connectivity index (χ3v) is 4.21. The molecule has 7 heteroatoms. The highest BCUT2D eigenvalue weighted by molar-refractivity contribution is 7.98. The Morgan fingerprint density at radius 2 is 1.71 bits per heavy atom. The Morgan fingerprint density at radius 3 is 2.33 bits per heavy atom. The number of halogens is 1. The second-order valence-corrected chi connectivity index (χ2v) is 6.30. The van der Waals surface area contributed by atoms with Crippen molar-refractivity contribution in [2.45, 2.75) is 12.5 Å². The molecule has 0 fully saturated rings. The van der Waals surface area contributed by atoms with Crippen molar-refractivity contribution in [2.75, 3.05) is 63.7 Å². The van der Waals surface area contributed by atoms with Crippen LogP contribution in [-0.4, -0.2) is 63.9 Å². The molecule has 0 saturated carbocycles. The first-order valence-corrected chi connectivity index (χ1v) is 9.86. The number of hydrogen-bond donors (Lipinski definition) is 1. The maximum atomic E-state index is 9.41. The fourth-order valence-corrected chi connectivity index (χ4v) is 2.90. The van der Waals surface area contributed by atoms with Crippen LogP contribution in [-0.2, 0) is 26.7 Å². The minimum atomic E-state index is 0.0140. The lowest BCUT2D eigenvalue weighted by molar-refractivity contribution is 0.0265. The minimum absolute atomic E-state index is 0.0140. The van der Waals surface area contributed by atoms with Crippen LogP contribution in [0.15, 0.2) is 18.2 Å². The van der Waals surface area contributed by atoms with Gasteiger partial charge in [-0.1, -0.05) is 6.07 Å². The van der Waals surface area contributed by atoms with Crippen molar-refractivity contribution in [3.63, 3.8) is 0 Å². The highest BCUT2D eigenvalue weighted by atomic mass is 35.5. The van der Waals surface area contributed by atoms with E-state index in [1.54, 1.807) is 18.9 Å². The highest BCUT2D eigenvalue weighted by Crippen LogP contribution is 2.22. The van der Waals surface area contributed by atoms with Gasteiger partial charge in [0.05, 0.1) is 45.5 Å². The smallest absolute Gasteiger partial charge is 0.0701 e. The number of rotatable bonds is 14. The first-order valence-electron chi connectivity index (χ1n) is 7.93. The van der Waals surface area contributed by atoms with Crippen LogP contribution in [0.2, 0.25) is 0 Å². The monoisotopic (exact) mass is 377 g/mol. The third-order valence-electron chi connectivity index (χ3n) is 3.33. The maximum Gasteiger partial charge on any atom is 0.0701 e. The zero-order valence-electron chi connectivity index (χ0n) is 14.5. The van der Waals surface area contributed by atoms with Crippen molar-refractivity contribution in [1.82, 2.24) is 0 Å². The van der Waals surface area contributed by atoms with Gasteiger partial charge in [0.15, 0.2) is 0 Å². The molecular weight excluding hydrogens is 350 g/mol. The van der Waals surface area contributed by atoms with Crippen LogP contribution >= 0.6 is 23.4 Å². The molecule has 1 N–H and O–H groups in total. The topological polar surface area (TPSA) is 51.2 Å². The fraction of sp³-hybridized carbons (Fsp3) is 0.647. The summed E-state index contributed by atoms with van der Waals surface area (Å²) in [6.45, 7) is 3.74. The van der Waals surface area contributed by atoms with E-state index < -0.39 is 0 Å². The standard InChI is InChI=1S/C17H28ClNO4S/c1-21-5-6-23-8-7-22-4-3-19(14-24-2)17-10-15(12-18)9-16(11-17)13-20/h9-11,20H,3-8,12-14H2,1-2H3. The molecule has 0 aliphatic heterocycles. The molecule has 0 aliphatic carbocycles. The van der Waals surface area contributed by atoms with Gasteiger partial charge in [0.25, 0.3) is 0 Å². The predicted octanol–water partition coefficient (Wildman–Crippen LogP) is 2.72. The van der Waals surface area contributed by atoms with Crippen LogP contribution in [0, 0.1) is 0 Å². The molecule has 1 aromatic carbocycles. The summed E-state index contributed by atoms with van der Waals surface area (Å²) >= 11 is 7.70. The van der Waals surface area contributed by atoms with Crippen LogP contribution in [0.4, 0.5) is 5.69 Å². The van der Waals surface area contributed by atoms with Crippen molar-refractivity contribution in [3.8, 4) is 0 Å². The van der Waals surface area contributed by atoms with E-state index >= 15 is 0 Å². The number of ether oxygens (including phenoxy) is 3. The zero-order chi connectivity index (χ0) is 17.6. The molecule has 0 amide bonds. The largest absolute Gasteiger partial charge is 0.392 e. The molecule has 138 valence electrons. The number of hydrogen-bond acceptors (Lipinski definition) is 6. The van der Waals surface area contributed by atoms with Crippen LogP contribution in [0.5, 0.6) is 0 Å². The lowest BCUT2D eigenvalue weighted by Crippen LogP contribution is -2.27. The summed E-state index contributed by atoms with van der Waals surface area (Å²) in [7, 11) is 1.65. The average Bonchev–Trinajstić information content (AvgIpc) is 2.62. The first-order chi connectivity index (χ1) is 11.7. The van der Waals surface area contributed by atoms with Crippen molar-refractivity contribution in [2.24, 2.45) is 0 Å². The van der Waals surface area contributed by atoms with Crippen molar-refractivity contribution in [3.05, 3.63) is 29.3 Å². The van der Waals surface area contributed by atoms with Gasteiger partial charge < -0.3 is 24.2 Å². The van der Waals surface area contributed by atoms with Crippen LogP contribution < -0.4 is 4.90 Å². The van der Waals surface area contributed by atoms with E-state index in [0.717, 1.165) is 29.2 Å². The Labute approximate surface area is 154 Å². The molecule has 0 saturated heterocycles. The van der Waals surface area contributed by atoms with Crippen LogP contribution in [0.1, 0.15) is 11.1 Å². The van der Waals surface area contributed by atoms with E-state index in [1.807, 2.05) is 12.1 Å². The fourth-order valence-electron chi connectivity index (χ4n) is 2.16. The Kier molecular flexibility index (Phi) is 12.3. The third kappa shape index (κ3) is 8.55. The Hall–Kier alpha value is -0.500. The molecule has 0 aromatic heterocycles. The van der Waals surface area contributed by atoms with Crippen molar-refractivity contribution in [1.29, 1.82) is 0 Å². The first kappa shape index (κ1) is 21.5. The summed E-state index contributed by atoms with van der Waals surface area (Å²) in [5, 5.41) is 9.41. The van der Waals surface area contributed by atoms with Gasteiger partial charge in [-0.15, -0.1) is 23.4 Å². The molecule has 0 bridgehead atoms. The number of methoxy groups -OCH3 is 1. The van der Waals surface area contributed by atoms with Gasteiger partial charge in [-0.25, -0.2) is 0 Å². The number of thioether (sulfide) groups is 1. The summed E-state index contributed by atoms with van der Waals surface area (Å²) in [6, 6.07) is 6.00. The zero-order valence-corrected chi connectivity index (χ0v) is 16.1. The quantitative estimate of drug-likeness (QED) is 0.305. The second-order valence-electron chi connectivity index (χ2n) is 5.20. The van der Waals surface area contributed by atoms with E-state index in [1.165, 1.54) is 0 Å². The molecule has 24 heavy (non-hydrogen) atoms. The summed E-state index contributed by atoms with van der Waals surface area (Å²) in [4.78, 5) is 2.23.